The topological polar surface area (TPSA) is 80.0 Å². The van der Waals surface area contributed by atoms with Gasteiger partial charge in [0.2, 0.25) is 5.91 Å². The van der Waals surface area contributed by atoms with E-state index in [4.69, 9.17) is 5.11 Å². The van der Waals surface area contributed by atoms with Gasteiger partial charge in [0, 0.05) is 19.6 Å². The lowest BCUT2D eigenvalue weighted by atomic mass is 10.0. The lowest BCUT2D eigenvalue weighted by Gasteiger charge is -2.15. The smallest absolute Gasteiger partial charge is 0.221 e. The van der Waals surface area contributed by atoms with Gasteiger partial charge in [-0.1, -0.05) is 13.3 Å². The Balaban J connectivity index is 2.18. The second kappa shape index (κ2) is 8.63. The van der Waals surface area contributed by atoms with Crippen molar-refractivity contribution in [2.75, 3.05) is 13.2 Å². The van der Waals surface area contributed by atoms with Crippen molar-refractivity contribution in [3.05, 3.63) is 12.7 Å². The van der Waals surface area contributed by atoms with E-state index in [0.29, 0.717) is 25.4 Å². The molecule has 1 aromatic rings. The Morgan fingerprint density at radius 2 is 2.33 bits per heavy atom. The molecule has 0 aliphatic heterocycles. The second-order valence-electron chi connectivity index (χ2n) is 4.38. The molecule has 0 saturated carbocycles. The number of rotatable bonds is 9. The number of hydrogen-bond acceptors (Lipinski definition) is 4. The highest BCUT2D eigenvalue weighted by atomic mass is 16.3. The van der Waals surface area contributed by atoms with Gasteiger partial charge in [0.1, 0.15) is 12.7 Å². The third-order valence-corrected chi connectivity index (χ3v) is 2.86. The van der Waals surface area contributed by atoms with E-state index in [1.165, 1.54) is 6.33 Å². The molecule has 0 fully saturated rings. The van der Waals surface area contributed by atoms with Gasteiger partial charge in [-0.3, -0.25) is 9.48 Å². The molecule has 1 amide bonds. The zero-order valence-corrected chi connectivity index (χ0v) is 10.9. The van der Waals surface area contributed by atoms with Crippen molar-refractivity contribution in [3.8, 4) is 0 Å². The van der Waals surface area contributed by atoms with Crippen molar-refractivity contribution in [3.63, 3.8) is 0 Å². The Hall–Kier alpha value is -1.43. The van der Waals surface area contributed by atoms with Gasteiger partial charge in [-0.25, -0.2) is 4.98 Å². The van der Waals surface area contributed by atoms with Crippen LogP contribution in [0.2, 0.25) is 0 Å². The maximum Gasteiger partial charge on any atom is 0.221 e. The molecule has 1 unspecified atom stereocenters. The molecule has 102 valence electrons. The summed E-state index contributed by atoms with van der Waals surface area (Å²) in [7, 11) is 0. The molecule has 1 aromatic heterocycles. The minimum Gasteiger partial charge on any atom is -0.396 e. The van der Waals surface area contributed by atoms with Crippen molar-refractivity contribution in [2.24, 2.45) is 5.92 Å². The molecule has 6 heteroatoms. The number of aromatic nitrogens is 3. The highest BCUT2D eigenvalue weighted by Crippen LogP contribution is 2.09. The molecule has 0 aliphatic rings. The molecule has 6 nitrogen and oxygen atoms in total. The third kappa shape index (κ3) is 5.77. The molecule has 0 spiro atoms. The predicted octanol–water partition coefficient (Wildman–Crippen LogP) is 0.583. The van der Waals surface area contributed by atoms with E-state index in [0.717, 1.165) is 19.3 Å². The Labute approximate surface area is 107 Å². The fourth-order valence-electron chi connectivity index (χ4n) is 1.85. The highest BCUT2D eigenvalue weighted by Gasteiger charge is 2.09. The first-order valence-electron chi connectivity index (χ1n) is 6.46. The number of aliphatic hydroxyl groups is 1. The quantitative estimate of drug-likeness (QED) is 0.675. The summed E-state index contributed by atoms with van der Waals surface area (Å²) in [6.45, 7) is 3.48. The van der Waals surface area contributed by atoms with Crippen molar-refractivity contribution >= 4 is 5.91 Å². The first-order valence-corrected chi connectivity index (χ1v) is 6.46. The molecule has 1 rings (SSSR count). The molecule has 0 aromatic carbocycles. The van der Waals surface area contributed by atoms with E-state index >= 15 is 0 Å². The first kappa shape index (κ1) is 14.6. The SMILES string of the molecule is CCCC(CCO)CNC(=O)CCn1cncn1. The molecule has 0 saturated heterocycles. The van der Waals surface area contributed by atoms with Gasteiger partial charge in [0.15, 0.2) is 0 Å². The molecular formula is C12H22N4O2. The van der Waals surface area contributed by atoms with E-state index in [1.54, 1.807) is 11.0 Å². The van der Waals surface area contributed by atoms with Crippen LogP contribution in [0.4, 0.5) is 0 Å². The number of amides is 1. The average Bonchev–Trinajstić information content (AvgIpc) is 2.87. The van der Waals surface area contributed by atoms with Gasteiger partial charge in [-0.2, -0.15) is 5.10 Å². The van der Waals surface area contributed by atoms with Crippen LogP contribution in [-0.4, -0.2) is 38.9 Å². The van der Waals surface area contributed by atoms with Crippen molar-refractivity contribution in [1.29, 1.82) is 0 Å². The summed E-state index contributed by atoms with van der Waals surface area (Å²) in [5.74, 6) is 0.389. The molecule has 18 heavy (non-hydrogen) atoms. The lowest BCUT2D eigenvalue weighted by Crippen LogP contribution is -2.30. The minimum absolute atomic E-state index is 0.0181. The number of aliphatic hydroxyl groups excluding tert-OH is 1. The van der Waals surface area contributed by atoms with Gasteiger partial charge in [0.25, 0.3) is 0 Å². The van der Waals surface area contributed by atoms with Crippen LogP contribution in [-0.2, 0) is 11.3 Å². The van der Waals surface area contributed by atoms with Crippen LogP contribution in [0.1, 0.15) is 32.6 Å². The fraction of sp³-hybridized carbons (Fsp3) is 0.750. The number of carbonyl (C=O) groups is 1. The van der Waals surface area contributed by atoms with E-state index in [2.05, 4.69) is 22.3 Å². The number of carbonyl (C=O) groups excluding carboxylic acids is 1. The first-order chi connectivity index (χ1) is 8.76. The van der Waals surface area contributed by atoms with Gasteiger partial charge >= 0.3 is 0 Å². The molecule has 0 aliphatic carbocycles. The fourth-order valence-corrected chi connectivity index (χ4v) is 1.85. The van der Waals surface area contributed by atoms with E-state index in [1.807, 2.05) is 0 Å². The van der Waals surface area contributed by atoms with Crippen LogP contribution >= 0.6 is 0 Å². The summed E-state index contributed by atoms with van der Waals surface area (Å²) in [4.78, 5) is 15.4. The van der Waals surface area contributed by atoms with Crippen LogP contribution in [0.15, 0.2) is 12.7 Å². The van der Waals surface area contributed by atoms with Crippen molar-refractivity contribution in [2.45, 2.75) is 39.2 Å². The van der Waals surface area contributed by atoms with Crippen LogP contribution < -0.4 is 5.32 Å². The second-order valence-corrected chi connectivity index (χ2v) is 4.38. The van der Waals surface area contributed by atoms with Crippen molar-refractivity contribution < 1.29 is 9.90 Å². The monoisotopic (exact) mass is 254 g/mol. The predicted molar refractivity (Wildman–Crippen MR) is 67.7 cm³/mol. The van der Waals surface area contributed by atoms with Gasteiger partial charge in [-0.05, 0) is 18.8 Å². The normalized spacial score (nSPS) is 12.3. The zero-order chi connectivity index (χ0) is 13.2. The highest BCUT2D eigenvalue weighted by molar-refractivity contribution is 5.75. The van der Waals surface area contributed by atoms with Crippen LogP contribution in [0, 0.1) is 5.92 Å². The Kier molecular flexibility index (Phi) is 7.01. The maximum atomic E-state index is 11.6. The van der Waals surface area contributed by atoms with Gasteiger partial charge in [-0.15, -0.1) is 0 Å². The largest absolute Gasteiger partial charge is 0.396 e. The lowest BCUT2D eigenvalue weighted by molar-refractivity contribution is -0.121. The molecular weight excluding hydrogens is 232 g/mol. The summed E-state index contributed by atoms with van der Waals surface area (Å²) in [6, 6.07) is 0. The number of aryl methyl sites for hydroxylation is 1. The minimum atomic E-state index is 0.0181. The van der Waals surface area contributed by atoms with Gasteiger partial charge in [0.05, 0.1) is 6.54 Å². The standard InChI is InChI=1S/C12H22N4O2/c1-2-3-11(5-7-17)8-14-12(18)4-6-16-10-13-9-15-16/h9-11,17H,2-8H2,1H3,(H,14,18). The summed E-state index contributed by atoms with van der Waals surface area (Å²) < 4.78 is 1.64. The Morgan fingerprint density at radius 3 is 2.94 bits per heavy atom. The van der Waals surface area contributed by atoms with E-state index < -0.39 is 0 Å². The molecule has 1 heterocycles. The average molecular weight is 254 g/mol. The third-order valence-electron chi connectivity index (χ3n) is 2.86. The summed E-state index contributed by atoms with van der Waals surface area (Å²) >= 11 is 0. The molecule has 0 radical (unpaired) electrons. The zero-order valence-electron chi connectivity index (χ0n) is 10.9. The maximum absolute atomic E-state index is 11.6. The van der Waals surface area contributed by atoms with E-state index in [9.17, 15) is 4.79 Å². The number of nitrogens with zero attached hydrogens (tertiary/aromatic N) is 3. The van der Waals surface area contributed by atoms with Crippen molar-refractivity contribution in [1.82, 2.24) is 20.1 Å². The van der Waals surface area contributed by atoms with E-state index in [-0.39, 0.29) is 12.5 Å². The number of hydrogen-bond donors (Lipinski definition) is 2. The van der Waals surface area contributed by atoms with Crippen LogP contribution in [0.5, 0.6) is 0 Å². The summed E-state index contributed by atoms with van der Waals surface area (Å²) in [6.07, 6.45) is 6.30. The molecule has 2 N–H and O–H groups in total. The summed E-state index contributed by atoms with van der Waals surface area (Å²) in [5.41, 5.74) is 0. The van der Waals surface area contributed by atoms with Crippen LogP contribution in [0.3, 0.4) is 0 Å². The molecule has 1 atom stereocenters. The Bertz CT molecular complexity index is 321. The summed E-state index contributed by atoms with van der Waals surface area (Å²) in [5, 5.41) is 15.8. The van der Waals surface area contributed by atoms with Crippen LogP contribution in [0.25, 0.3) is 0 Å². The Morgan fingerprint density at radius 1 is 1.50 bits per heavy atom. The number of nitrogens with one attached hydrogen (secondary N) is 1. The van der Waals surface area contributed by atoms with Gasteiger partial charge < -0.3 is 10.4 Å². The molecule has 0 bridgehead atoms.